The van der Waals surface area contributed by atoms with Crippen molar-refractivity contribution >= 4 is 59.1 Å². The van der Waals surface area contributed by atoms with Crippen LogP contribution < -0.4 is 0 Å². The van der Waals surface area contributed by atoms with Crippen LogP contribution in [-0.4, -0.2) is 290 Å². The Labute approximate surface area is 556 Å². The molecule has 0 aromatic heterocycles. The van der Waals surface area contributed by atoms with Crippen molar-refractivity contribution in [2.24, 2.45) is 23.7 Å². The molecule has 0 saturated heterocycles. The number of amides is 6. The van der Waals surface area contributed by atoms with Crippen molar-refractivity contribution in [3.05, 3.63) is 0 Å². The lowest BCUT2D eigenvalue weighted by Gasteiger charge is -2.39. The van der Waals surface area contributed by atoms with Crippen molar-refractivity contribution in [2.75, 3.05) is 92.3 Å². The van der Waals surface area contributed by atoms with Crippen molar-refractivity contribution in [2.45, 2.75) is 246 Å². The molecule has 0 heterocycles. The molecule has 0 radical (unpaired) electrons. The minimum absolute atomic E-state index is 0.00626. The fraction of sp³-hybridized carbons (Fsp3) is 0.848. The fourth-order valence-electron chi connectivity index (χ4n) is 12.1. The van der Waals surface area contributed by atoms with Crippen LogP contribution >= 0.6 is 0 Å². The van der Waals surface area contributed by atoms with E-state index in [2.05, 4.69) is 0 Å². The zero-order chi connectivity index (χ0) is 71.1. The van der Waals surface area contributed by atoms with Crippen molar-refractivity contribution in [1.82, 2.24) is 29.4 Å². The van der Waals surface area contributed by atoms with Gasteiger partial charge in [0, 0.05) is 109 Å². The summed E-state index contributed by atoms with van der Waals surface area (Å²) in [5.41, 5.74) is 0. The molecule has 2 aliphatic carbocycles. The second kappa shape index (κ2) is 43.7. The number of ether oxygens (including phenoxy) is 5. The van der Waals surface area contributed by atoms with Crippen LogP contribution in [0, 0.1) is 23.7 Å². The highest BCUT2D eigenvalue weighted by Crippen LogP contribution is 2.35. The Bertz CT molecular complexity index is 2330. The highest BCUT2D eigenvalue weighted by Gasteiger charge is 2.43. The van der Waals surface area contributed by atoms with E-state index < -0.39 is 151 Å². The Morgan fingerprint density at radius 3 is 0.840 bits per heavy atom. The Morgan fingerprint density at radius 2 is 0.553 bits per heavy atom. The van der Waals surface area contributed by atoms with Crippen LogP contribution in [0.15, 0.2) is 0 Å². The number of carbonyl (C=O) groups excluding carboxylic acids is 10. The first-order valence-electron chi connectivity index (χ1n) is 33.7. The smallest absolute Gasteiger partial charge is 0.306 e. The summed E-state index contributed by atoms with van der Waals surface area (Å²) in [6.45, 7) is 16.7. The maximum atomic E-state index is 15.4. The number of aliphatic hydroxyl groups is 7. The number of methoxy groups -OCH3 is 1. The molecule has 16 unspecified atom stereocenters. The summed E-state index contributed by atoms with van der Waals surface area (Å²) >= 11 is 0. The predicted octanol–water partition coefficient (Wildman–Crippen LogP) is 1.38. The molecule has 0 aromatic carbocycles. The summed E-state index contributed by atoms with van der Waals surface area (Å²) in [5.74, 6) is -9.13. The highest BCUT2D eigenvalue weighted by atomic mass is 16.6. The van der Waals surface area contributed by atoms with Gasteiger partial charge in [0.2, 0.25) is 35.4 Å². The van der Waals surface area contributed by atoms with Gasteiger partial charge in [-0.2, -0.15) is 0 Å². The maximum Gasteiger partial charge on any atom is 0.306 e. The molecule has 2 fully saturated rings. The Kier molecular flexibility index (Phi) is 39.3. The van der Waals surface area contributed by atoms with Crippen LogP contribution in [0.2, 0.25) is 0 Å². The minimum Gasteiger partial charge on any atom is -0.461 e. The van der Waals surface area contributed by atoms with Gasteiger partial charge in [-0.25, -0.2) is 0 Å². The first-order valence-corrected chi connectivity index (χ1v) is 33.7. The molecular weight excluding hydrogens is 1230 g/mol. The topological polar surface area (TPSA) is 378 Å². The lowest BCUT2D eigenvalue weighted by Crippen LogP contribution is -2.52. The van der Waals surface area contributed by atoms with E-state index in [0.29, 0.717) is 38.5 Å². The molecule has 94 heavy (non-hydrogen) atoms. The van der Waals surface area contributed by atoms with Gasteiger partial charge in [0.05, 0.1) is 93.8 Å². The van der Waals surface area contributed by atoms with Gasteiger partial charge in [0.25, 0.3) is 0 Å². The van der Waals surface area contributed by atoms with Crippen molar-refractivity contribution in [3.63, 3.8) is 0 Å². The highest BCUT2D eigenvalue weighted by molar-refractivity contribution is 5.90. The van der Waals surface area contributed by atoms with Crippen LogP contribution in [0.25, 0.3) is 0 Å². The van der Waals surface area contributed by atoms with Crippen LogP contribution in [0.3, 0.4) is 0 Å². The number of esters is 3. The largest absolute Gasteiger partial charge is 0.461 e. The van der Waals surface area contributed by atoms with Gasteiger partial charge in [0.15, 0.2) is 5.78 Å². The summed E-state index contributed by atoms with van der Waals surface area (Å²) in [6, 6.07) is 0. The van der Waals surface area contributed by atoms with E-state index in [0.717, 1.165) is 0 Å². The van der Waals surface area contributed by atoms with E-state index in [9.17, 15) is 74.1 Å². The Balaban J connectivity index is 2.58. The van der Waals surface area contributed by atoms with Gasteiger partial charge >= 0.3 is 17.9 Å². The van der Waals surface area contributed by atoms with Crippen molar-refractivity contribution < 1.29 is 107 Å². The third kappa shape index (κ3) is 33.0. The molecule has 2 saturated carbocycles. The average Bonchev–Trinajstić information content (AvgIpc) is 0.826. The SMILES string of the molecule is COC(C)CN(CC(C)O)C(=O)CCC(=O)OC(C)CN(CC(C)OC(=O)CCC(=O)N(CC(C)O)CC(C)O)C(=O)C1CCCCC1C(=O)N(CC(C)OCC(=O)C1CCCCC1C(=O)N(CC(C)O)CC(C)O)CC(C)OC(=O)CCC(=O)N(CC(C)O)CC(C)O. The summed E-state index contributed by atoms with van der Waals surface area (Å²) in [4.78, 5) is 147. The number of hydrogen-bond donors (Lipinski definition) is 7. The Morgan fingerprint density at radius 1 is 0.319 bits per heavy atom. The second-order valence-electron chi connectivity index (χ2n) is 26.6. The summed E-state index contributed by atoms with van der Waals surface area (Å²) in [5, 5.41) is 70.5. The third-order valence-corrected chi connectivity index (χ3v) is 16.2. The minimum atomic E-state index is -1.04. The number of Topliss-reactive ketones (excluding diaryl/α,β-unsaturated/α-hetero) is 1. The van der Waals surface area contributed by atoms with Crippen LogP contribution in [-0.2, 0) is 71.6 Å². The lowest BCUT2D eigenvalue weighted by molar-refractivity contribution is -0.160. The van der Waals surface area contributed by atoms with Gasteiger partial charge in [-0.1, -0.05) is 25.7 Å². The molecular formula is C66H116N6O22. The quantitative estimate of drug-likeness (QED) is 0.0335. The first-order chi connectivity index (χ1) is 44.0. The normalized spacial score (nSPS) is 20.4. The molecule has 2 rings (SSSR count). The summed E-state index contributed by atoms with van der Waals surface area (Å²) in [7, 11) is 1.48. The fourth-order valence-corrected chi connectivity index (χ4v) is 12.1. The molecule has 28 nitrogen and oxygen atoms in total. The molecule has 7 N–H and O–H groups in total. The Hall–Kier alpha value is -5.46. The summed E-state index contributed by atoms with van der Waals surface area (Å²) in [6.07, 6.45) is -9.05. The molecule has 0 spiro atoms. The average molecular weight is 1350 g/mol. The van der Waals surface area contributed by atoms with Crippen LogP contribution in [0.4, 0.5) is 0 Å². The molecule has 0 bridgehead atoms. The number of aliphatic hydroxyl groups excluding tert-OH is 7. The van der Waals surface area contributed by atoms with E-state index >= 15 is 9.59 Å². The molecule has 0 aromatic rings. The first kappa shape index (κ1) is 84.6. The van der Waals surface area contributed by atoms with Crippen LogP contribution in [0.1, 0.15) is 173 Å². The predicted molar refractivity (Wildman–Crippen MR) is 343 cm³/mol. The lowest BCUT2D eigenvalue weighted by atomic mass is 9.76. The molecule has 16 atom stereocenters. The molecule has 28 heteroatoms. The number of ketones is 1. The van der Waals surface area contributed by atoms with Crippen molar-refractivity contribution in [1.29, 1.82) is 0 Å². The standard InChI is InChI=1S/C66H116N6O22/c1-41(73)28-67(29-42(2)74)58(81)22-25-61(84)92-50(10)37-71(36-49(9)91-40-57(80)53-18-14-15-19-54(53)64(87)70(33-46(6)78)34-47(7)79)65(88)55-20-16-17-21-56(55)66(89)72(38-51(11)93-62(85)26-23-59(82)68(30-43(3)75)31-44(4)76)39-52(12)94-63(86)27-24-60(83)69(32-45(5)77)35-48(8)90-13/h41-56,73-79H,14-40H2,1-13H3. The van der Waals surface area contributed by atoms with E-state index in [1.807, 2.05) is 0 Å². The zero-order valence-corrected chi connectivity index (χ0v) is 58.3. The maximum absolute atomic E-state index is 15.4. The van der Waals surface area contributed by atoms with Gasteiger partial charge in [0.1, 0.15) is 24.9 Å². The van der Waals surface area contributed by atoms with Gasteiger partial charge < -0.3 is 88.8 Å². The number of carbonyl (C=O) groups is 10. The number of nitrogens with zero attached hydrogens (tertiary/aromatic N) is 6. The number of hydrogen-bond acceptors (Lipinski definition) is 22. The van der Waals surface area contributed by atoms with E-state index in [4.69, 9.17) is 23.7 Å². The molecule has 2 aliphatic rings. The summed E-state index contributed by atoms with van der Waals surface area (Å²) < 4.78 is 28.8. The molecule has 6 amide bonds. The second-order valence-corrected chi connectivity index (χ2v) is 26.6. The van der Waals surface area contributed by atoms with Gasteiger partial charge in [-0.15, -0.1) is 0 Å². The zero-order valence-electron chi connectivity index (χ0n) is 58.3. The van der Waals surface area contributed by atoms with E-state index in [1.165, 1.54) is 106 Å². The third-order valence-electron chi connectivity index (χ3n) is 16.2. The monoisotopic (exact) mass is 1340 g/mol. The van der Waals surface area contributed by atoms with E-state index in [-0.39, 0.29) is 141 Å². The molecule has 542 valence electrons. The van der Waals surface area contributed by atoms with Gasteiger partial charge in [-0.3, -0.25) is 47.9 Å². The molecule has 0 aliphatic heterocycles. The van der Waals surface area contributed by atoms with E-state index in [1.54, 1.807) is 13.8 Å². The number of rotatable bonds is 44. The van der Waals surface area contributed by atoms with Crippen LogP contribution in [0.5, 0.6) is 0 Å². The van der Waals surface area contributed by atoms with Crippen molar-refractivity contribution in [3.8, 4) is 0 Å². The van der Waals surface area contributed by atoms with Gasteiger partial charge in [-0.05, 0) is 109 Å².